The third-order valence-electron chi connectivity index (χ3n) is 3.64. The van der Waals surface area contributed by atoms with E-state index in [0.29, 0.717) is 19.5 Å². The Morgan fingerprint density at radius 3 is 2.65 bits per heavy atom. The third-order valence-corrected chi connectivity index (χ3v) is 3.64. The summed E-state index contributed by atoms with van der Waals surface area (Å²) in [7, 11) is 0. The average Bonchev–Trinajstić information content (AvgIpc) is 2.39. The molecule has 0 radical (unpaired) electrons. The number of aliphatic carboxylic acids is 1. The van der Waals surface area contributed by atoms with Crippen LogP contribution in [0.4, 0.5) is 4.39 Å². The molecule has 5 heteroatoms. The summed E-state index contributed by atoms with van der Waals surface area (Å²) in [5, 5.41) is 9.27. The molecule has 0 amide bonds. The molecule has 1 aliphatic rings. The molecule has 4 nitrogen and oxygen atoms in total. The van der Waals surface area contributed by atoms with Crippen LogP contribution in [0.2, 0.25) is 0 Å². The van der Waals surface area contributed by atoms with E-state index in [4.69, 9.17) is 4.74 Å². The second-order valence-electron chi connectivity index (χ2n) is 5.20. The van der Waals surface area contributed by atoms with E-state index < -0.39 is 12.0 Å². The molecule has 0 bridgehead atoms. The fourth-order valence-corrected chi connectivity index (χ4v) is 2.69. The maximum atomic E-state index is 13.0. The second kappa shape index (κ2) is 6.33. The van der Waals surface area contributed by atoms with Crippen molar-refractivity contribution in [3.05, 3.63) is 35.6 Å². The summed E-state index contributed by atoms with van der Waals surface area (Å²) in [5.74, 6) is -1.09. The quantitative estimate of drug-likeness (QED) is 0.921. The summed E-state index contributed by atoms with van der Waals surface area (Å²) in [5.41, 5.74) is 0.878. The molecular formula is C15H20FNO3. The monoisotopic (exact) mass is 281 g/mol. The van der Waals surface area contributed by atoms with Crippen molar-refractivity contribution in [2.45, 2.75) is 38.5 Å². The van der Waals surface area contributed by atoms with Gasteiger partial charge in [-0.15, -0.1) is 0 Å². The first kappa shape index (κ1) is 14.9. The number of carboxylic acids is 1. The summed E-state index contributed by atoms with van der Waals surface area (Å²) >= 11 is 0. The van der Waals surface area contributed by atoms with Crippen LogP contribution in [0.3, 0.4) is 0 Å². The molecule has 20 heavy (non-hydrogen) atoms. The van der Waals surface area contributed by atoms with Crippen LogP contribution in [-0.2, 0) is 9.53 Å². The Morgan fingerprint density at radius 2 is 2.10 bits per heavy atom. The highest BCUT2D eigenvalue weighted by molar-refractivity contribution is 5.73. The van der Waals surface area contributed by atoms with Crippen LogP contribution in [-0.4, -0.2) is 41.2 Å². The molecule has 0 spiro atoms. The van der Waals surface area contributed by atoms with Crippen LogP contribution in [0, 0.1) is 5.82 Å². The Bertz CT molecular complexity index is 463. The molecule has 0 saturated carbocycles. The molecule has 1 fully saturated rings. The summed E-state index contributed by atoms with van der Waals surface area (Å²) in [6.07, 6.45) is 0.290. The van der Waals surface area contributed by atoms with E-state index in [2.05, 4.69) is 0 Å². The SMILES string of the molecule is CCC(C(=O)O)N1CC(C)OC(c2ccc(F)cc2)C1. The maximum Gasteiger partial charge on any atom is 0.320 e. The normalized spacial score (nSPS) is 25.4. The average molecular weight is 281 g/mol. The van der Waals surface area contributed by atoms with Gasteiger partial charge in [0, 0.05) is 13.1 Å². The minimum atomic E-state index is -0.806. The molecule has 0 aromatic heterocycles. The molecule has 1 aliphatic heterocycles. The highest BCUT2D eigenvalue weighted by atomic mass is 19.1. The molecule has 0 aliphatic carbocycles. The zero-order valence-corrected chi connectivity index (χ0v) is 11.8. The van der Waals surface area contributed by atoms with Crippen LogP contribution in [0.25, 0.3) is 0 Å². The predicted molar refractivity (Wildman–Crippen MR) is 73.0 cm³/mol. The van der Waals surface area contributed by atoms with E-state index >= 15 is 0 Å². The first-order chi connectivity index (χ1) is 9.51. The molecule has 1 heterocycles. The standard InChI is InChI=1S/C15H20FNO3/c1-3-13(15(18)19)17-8-10(2)20-14(9-17)11-4-6-12(16)7-5-11/h4-7,10,13-14H,3,8-9H2,1-2H3,(H,18,19). The van der Waals surface area contributed by atoms with E-state index in [1.165, 1.54) is 12.1 Å². The summed E-state index contributed by atoms with van der Waals surface area (Å²) in [6, 6.07) is 5.69. The summed E-state index contributed by atoms with van der Waals surface area (Å²) in [4.78, 5) is 13.2. The first-order valence-corrected chi connectivity index (χ1v) is 6.89. The van der Waals surface area contributed by atoms with Gasteiger partial charge in [0.15, 0.2) is 0 Å². The molecule has 2 rings (SSSR count). The van der Waals surface area contributed by atoms with Gasteiger partial charge in [0.25, 0.3) is 0 Å². The van der Waals surface area contributed by atoms with Gasteiger partial charge in [0.2, 0.25) is 0 Å². The van der Waals surface area contributed by atoms with Gasteiger partial charge in [-0.2, -0.15) is 0 Å². The number of hydrogen-bond acceptors (Lipinski definition) is 3. The highest BCUT2D eigenvalue weighted by Crippen LogP contribution is 2.27. The van der Waals surface area contributed by atoms with Crippen LogP contribution in [0.15, 0.2) is 24.3 Å². The van der Waals surface area contributed by atoms with Gasteiger partial charge in [-0.25, -0.2) is 4.39 Å². The van der Waals surface area contributed by atoms with Gasteiger partial charge >= 0.3 is 5.97 Å². The van der Waals surface area contributed by atoms with Crippen molar-refractivity contribution in [3.63, 3.8) is 0 Å². The number of ether oxygens (including phenoxy) is 1. The molecule has 1 aromatic rings. The molecule has 110 valence electrons. The lowest BCUT2D eigenvalue weighted by molar-refractivity contribution is -0.150. The largest absolute Gasteiger partial charge is 0.480 e. The fraction of sp³-hybridized carbons (Fsp3) is 0.533. The van der Waals surface area contributed by atoms with E-state index in [9.17, 15) is 14.3 Å². The third kappa shape index (κ3) is 3.35. The summed E-state index contributed by atoms with van der Waals surface area (Å²) in [6.45, 7) is 4.91. The molecule has 1 N–H and O–H groups in total. The van der Waals surface area contributed by atoms with Crippen LogP contribution in [0.5, 0.6) is 0 Å². The highest BCUT2D eigenvalue weighted by Gasteiger charge is 2.33. The van der Waals surface area contributed by atoms with Gasteiger partial charge < -0.3 is 9.84 Å². The van der Waals surface area contributed by atoms with Crippen molar-refractivity contribution in [1.29, 1.82) is 0 Å². The van der Waals surface area contributed by atoms with Crippen molar-refractivity contribution in [1.82, 2.24) is 4.90 Å². The number of carbonyl (C=O) groups is 1. The number of carboxylic acid groups (broad SMARTS) is 1. The van der Waals surface area contributed by atoms with E-state index in [0.717, 1.165) is 5.56 Å². The van der Waals surface area contributed by atoms with Crippen molar-refractivity contribution in [2.75, 3.05) is 13.1 Å². The minimum Gasteiger partial charge on any atom is -0.480 e. The van der Waals surface area contributed by atoms with Crippen molar-refractivity contribution < 1.29 is 19.0 Å². The topological polar surface area (TPSA) is 49.8 Å². The zero-order valence-electron chi connectivity index (χ0n) is 11.8. The number of halogens is 1. The van der Waals surface area contributed by atoms with Crippen molar-refractivity contribution in [2.24, 2.45) is 0 Å². The Kier molecular flexibility index (Phi) is 4.73. The Balaban J connectivity index is 2.15. The number of hydrogen-bond donors (Lipinski definition) is 1. The first-order valence-electron chi connectivity index (χ1n) is 6.89. The molecule has 1 aromatic carbocycles. The Labute approximate surface area is 118 Å². The number of nitrogens with zero attached hydrogens (tertiary/aromatic N) is 1. The van der Waals surface area contributed by atoms with Gasteiger partial charge in [0.1, 0.15) is 11.9 Å². The lowest BCUT2D eigenvalue weighted by atomic mass is 10.0. The lowest BCUT2D eigenvalue weighted by Crippen LogP contribution is -2.50. The van der Waals surface area contributed by atoms with Crippen LogP contribution >= 0.6 is 0 Å². The van der Waals surface area contributed by atoms with Crippen LogP contribution in [0.1, 0.15) is 31.9 Å². The number of morpholine rings is 1. The van der Waals surface area contributed by atoms with Crippen molar-refractivity contribution in [3.8, 4) is 0 Å². The lowest BCUT2D eigenvalue weighted by Gasteiger charge is -2.39. The fourth-order valence-electron chi connectivity index (χ4n) is 2.69. The van der Waals surface area contributed by atoms with Gasteiger partial charge in [-0.05, 0) is 31.0 Å². The molecule has 3 unspecified atom stereocenters. The van der Waals surface area contributed by atoms with Gasteiger partial charge in [-0.1, -0.05) is 19.1 Å². The second-order valence-corrected chi connectivity index (χ2v) is 5.20. The van der Waals surface area contributed by atoms with Gasteiger partial charge in [-0.3, -0.25) is 9.69 Å². The summed E-state index contributed by atoms with van der Waals surface area (Å²) < 4.78 is 18.8. The number of benzene rings is 1. The number of rotatable bonds is 4. The molecular weight excluding hydrogens is 261 g/mol. The van der Waals surface area contributed by atoms with E-state index in [1.54, 1.807) is 12.1 Å². The zero-order chi connectivity index (χ0) is 14.7. The van der Waals surface area contributed by atoms with E-state index in [1.807, 2.05) is 18.7 Å². The maximum absolute atomic E-state index is 13.0. The molecule has 3 atom stereocenters. The van der Waals surface area contributed by atoms with Gasteiger partial charge in [0.05, 0.1) is 12.2 Å². The van der Waals surface area contributed by atoms with Crippen molar-refractivity contribution >= 4 is 5.97 Å². The molecule has 1 saturated heterocycles. The van der Waals surface area contributed by atoms with Crippen LogP contribution < -0.4 is 0 Å². The predicted octanol–water partition coefficient (Wildman–Crippen LogP) is 2.45. The smallest absolute Gasteiger partial charge is 0.320 e. The Hall–Kier alpha value is -1.46. The Morgan fingerprint density at radius 1 is 1.45 bits per heavy atom. The minimum absolute atomic E-state index is 0.0489. The van der Waals surface area contributed by atoms with E-state index in [-0.39, 0.29) is 18.0 Å².